The molecule has 150 valence electrons. The molecule has 8 heteroatoms. The second-order valence-electron chi connectivity index (χ2n) is 6.51. The van der Waals surface area contributed by atoms with Gasteiger partial charge in [-0.3, -0.25) is 24.1 Å². The van der Waals surface area contributed by atoms with Crippen LogP contribution in [0.15, 0.2) is 48.5 Å². The van der Waals surface area contributed by atoms with Crippen molar-refractivity contribution in [2.24, 2.45) is 0 Å². The van der Waals surface area contributed by atoms with Gasteiger partial charge in [0.25, 0.3) is 11.8 Å². The molecule has 0 radical (unpaired) electrons. The molecule has 1 heterocycles. The predicted molar refractivity (Wildman–Crippen MR) is 105 cm³/mol. The van der Waals surface area contributed by atoms with Crippen molar-refractivity contribution in [1.82, 2.24) is 10.2 Å². The Kier molecular flexibility index (Phi) is 6.29. The van der Waals surface area contributed by atoms with Gasteiger partial charge in [-0.1, -0.05) is 41.9 Å². The highest BCUT2D eigenvalue weighted by molar-refractivity contribution is 6.31. The van der Waals surface area contributed by atoms with Gasteiger partial charge >= 0.3 is 5.97 Å². The van der Waals surface area contributed by atoms with Crippen molar-refractivity contribution in [3.8, 4) is 0 Å². The summed E-state index contributed by atoms with van der Waals surface area (Å²) < 4.78 is 5.19. The van der Waals surface area contributed by atoms with Crippen molar-refractivity contribution in [2.75, 3.05) is 13.2 Å². The summed E-state index contributed by atoms with van der Waals surface area (Å²) >= 11 is 6.17. The molecule has 2 aromatic rings. The highest BCUT2D eigenvalue weighted by Gasteiger charge is 2.34. The number of nitrogens with zero attached hydrogens (tertiary/aromatic N) is 1. The van der Waals surface area contributed by atoms with Crippen LogP contribution < -0.4 is 5.32 Å². The molecule has 0 aliphatic carbocycles. The molecule has 1 N–H and O–H groups in total. The van der Waals surface area contributed by atoms with Gasteiger partial charge in [-0.25, -0.2) is 0 Å². The van der Waals surface area contributed by atoms with Gasteiger partial charge in [0.15, 0.2) is 0 Å². The Morgan fingerprint density at radius 2 is 1.62 bits per heavy atom. The van der Waals surface area contributed by atoms with Crippen molar-refractivity contribution in [3.63, 3.8) is 0 Å². The molecule has 2 aromatic carbocycles. The summed E-state index contributed by atoms with van der Waals surface area (Å²) in [4.78, 5) is 49.4. The first-order chi connectivity index (χ1) is 13.9. The number of halogens is 1. The van der Waals surface area contributed by atoms with Crippen molar-refractivity contribution in [1.29, 1.82) is 0 Å². The lowest BCUT2D eigenvalue weighted by molar-refractivity contribution is -0.144. The van der Waals surface area contributed by atoms with E-state index < -0.39 is 23.8 Å². The number of imide groups is 1. The molecule has 0 saturated heterocycles. The summed E-state index contributed by atoms with van der Waals surface area (Å²) in [6.45, 7) is 1.16. The van der Waals surface area contributed by atoms with E-state index in [1.807, 2.05) is 0 Å². The van der Waals surface area contributed by atoms with Gasteiger partial charge in [0.2, 0.25) is 5.91 Å². The standard InChI is InChI=1S/C21H19ClN2O5/c1-13(25)23-18(16-8-4-5-9-17(16)22)12-19(26)29-11-10-24-20(27)14-6-2-3-7-15(14)21(24)28/h2-9,18H,10-12H2,1H3,(H,23,25)/t18-/m1/s1. The van der Waals surface area contributed by atoms with Gasteiger partial charge in [0.1, 0.15) is 6.61 Å². The third kappa shape index (κ3) is 4.63. The predicted octanol–water partition coefficient (Wildman–Crippen LogP) is 2.75. The lowest BCUT2D eigenvalue weighted by atomic mass is 10.0. The van der Waals surface area contributed by atoms with Crippen LogP contribution in [0.1, 0.15) is 45.7 Å². The van der Waals surface area contributed by atoms with Crippen LogP contribution in [0.3, 0.4) is 0 Å². The van der Waals surface area contributed by atoms with E-state index in [0.717, 1.165) is 4.90 Å². The second kappa shape index (κ2) is 8.87. The van der Waals surface area contributed by atoms with E-state index in [4.69, 9.17) is 16.3 Å². The number of carbonyl (C=O) groups excluding carboxylic acids is 4. The summed E-state index contributed by atoms with van der Waals surface area (Å²) in [6.07, 6.45) is -0.134. The number of fused-ring (bicyclic) bond motifs is 1. The number of hydrogen-bond acceptors (Lipinski definition) is 5. The zero-order chi connectivity index (χ0) is 21.0. The smallest absolute Gasteiger partial charge is 0.308 e. The van der Waals surface area contributed by atoms with Gasteiger partial charge in [-0.2, -0.15) is 0 Å². The zero-order valence-electron chi connectivity index (χ0n) is 15.7. The number of nitrogens with one attached hydrogen (secondary N) is 1. The first-order valence-corrected chi connectivity index (χ1v) is 9.38. The monoisotopic (exact) mass is 414 g/mol. The maximum absolute atomic E-state index is 12.3. The van der Waals surface area contributed by atoms with Gasteiger partial charge < -0.3 is 10.1 Å². The molecule has 1 aliphatic heterocycles. The van der Waals surface area contributed by atoms with Crippen LogP contribution in [0.5, 0.6) is 0 Å². The molecule has 29 heavy (non-hydrogen) atoms. The minimum atomic E-state index is -0.645. The highest BCUT2D eigenvalue weighted by atomic mass is 35.5. The molecular formula is C21H19ClN2O5. The van der Waals surface area contributed by atoms with E-state index in [2.05, 4.69) is 5.32 Å². The molecule has 1 atom stereocenters. The second-order valence-corrected chi connectivity index (χ2v) is 6.91. The van der Waals surface area contributed by atoms with E-state index in [9.17, 15) is 19.2 Å². The summed E-state index contributed by atoms with van der Waals surface area (Å²) in [5.74, 6) is -1.71. The topological polar surface area (TPSA) is 92.8 Å². The minimum Gasteiger partial charge on any atom is -0.464 e. The van der Waals surface area contributed by atoms with Gasteiger partial charge in [-0.05, 0) is 23.8 Å². The van der Waals surface area contributed by atoms with Crippen molar-refractivity contribution in [2.45, 2.75) is 19.4 Å². The first-order valence-electron chi connectivity index (χ1n) is 9.01. The Morgan fingerprint density at radius 1 is 1.03 bits per heavy atom. The maximum atomic E-state index is 12.3. The molecule has 0 aromatic heterocycles. The van der Waals surface area contributed by atoms with Crippen LogP contribution in [0.4, 0.5) is 0 Å². The number of esters is 1. The van der Waals surface area contributed by atoms with Gasteiger partial charge in [0, 0.05) is 11.9 Å². The fourth-order valence-corrected chi connectivity index (χ4v) is 3.43. The number of carbonyl (C=O) groups is 4. The summed E-state index contributed by atoms with van der Waals surface area (Å²) in [5, 5.41) is 3.10. The van der Waals surface area contributed by atoms with Gasteiger partial charge in [0.05, 0.1) is 30.1 Å². The molecule has 0 unspecified atom stereocenters. The maximum Gasteiger partial charge on any atom is 0.308 e. The quantitative estimate of drug-likeness (QED) is 0.555. The van der Waals surface area contributed by atoms with Crippen LogP contribution in [0, 0.1) is 0 Å². The van der Waals surface area contributed by atoms with E-state index in [0.29, 0.717) is 21.7 Å². The molecule has 0 bridgehead atoms. The Bertz CT molecular complexity index is 940. The van der Waals surface area contributed by atoms with Crippen molar-refractivity contribution < 1.29 is 23.9 Å². The molecule has 7 nitrogen and oxygen atoms in total. The van der Waals surface area contributed by atoms with Crippen LogP contribution in [0.25, 0.3) is 0 Å². The summed E-state index contributed by atoms with van der Waals surface area (Å²) in [5.41, 5.74) is 1.28. The van der Waals surface area contributed by atoms with Crippen LogP contribution >= 0.6 is 11.6 Å². The molecule has 0 saturated carbocycles. The molecule has 1 aliphatic rings. The van der Waals surface area contributed by atoms with Crippen molar-refractivity contribution >= 4 is 35.3 Å². The number of rotatable bonds is 7. The van der Waals surface area contributed by atoms with E-state index in [1.165, 1.54) is 6.92 Å². The van der Waals surface area contributed by atoms with Crippen LogP contribution in [-0.2, 0) is 14.3 Å². The summed E-state index contributed by atoms with van der Waals surface area (Å²) in [6, 6.07) is 12.8. The fraction of sp³-hybridized carbons (Fsp3) is 0.238. The molecular weight excluding hydrogens is 396 g/mol. The Hall–Kier alpha value is -3.19. The number of benzene rings is 2. The van der Waals surface area contributed by atoms with E-state index in [-0.39, 0.29) is 25.5 Å². The number of ether oxygens (including phenoxy) is 1. The third-order valence-electron chi connectivity index (χ3n) is 4.49. The number of amides is 3. The molecule has 3 amide bonds. The third-order valence-corrected chi connectivity index (χ3v) is 4.83. The largest absolute Gasteiger partial charge is 0.464 e. The minimum absolute atomic E-state index is 0.0466. The average Bonchev–Trinajstić information content (AvgIpc) is 2.93. The summed E-state index contributed by atoms with van der Waals surface area (Å²) in [7, 11) is 0. The Morgan fingerprint density at radius 3 is 2.21 bits per heavy atom. The normalized spacial score (nSPS) is 13.8. The van der Waals surface area contributed by atoms with E-state index in [1.54, 1.807) is 48.5 Å². The van der Waals surface area contributed by atoms with Crippen LogP contribution in [0.2, 0.25) is 5.02 Å². The molecule has 0 spiro atoms. The Balaban J connectivity index is 1.58. The Labute approximate surface area is 172 Å². The van der Waals surface area contributed by atoms with Gasteiger partial charge in [-0.15, -0.1) is 0 Å². The SMILES string of the molecule is CC(=O)N[C@H](CC(=O)OCCN1C(=O)c2ccccc2C1=O)c1ccccc1Cl. The zero-order valence-corrected chi connectivity index (χ0v) is 16.4. The fourth-order valence-electron chi connectivity index (χ4n) is 3.16. The first kappa shape index (κ1) is 20.5. The lowest BCUT2D eigenvalue weighted by Crippen LogP contribution is -2.34. The lowest BCUT2D eigenvalue weighted by Gasteiger charge is -2.19. The van der Waals surface area contributed by atoms with Crippen LogP contribution in [-0.4, -0.2) is 41.7 Å². The molecule has 3 rings (SSSR count). The molecule has 0 fully saturated rings. The average molecular weight is 415 g/mol. The number of hydrogen-bond donors (Lipinski definition) is 1. The van der Waals surface area contributed by atoms with E-state index >= 15 is 0 Å². The van der Waals surface area contributed by atoms with Crippen molar-refractivity contribution in [3.05, 3.63) is 70.2 Å². The highest BCUT2D eigenvalue weighted by Crippen LogP contribution is 2.26.